The number of imidazole rings is 1. The van der Waals surface area contributed by atoms with E-state index < -0.39 is 0 Å². The van der Waals surface area contributed by atoms with Crippen LogP contribution in [0.4, 0.5) is 5.95 Å². The number of rotatable bonds is 0. The molecule has 0 spiro atoms. The summed E-state index contributed by atoms with van der Waals surface area (Å²) in [6.45, 7) is 0. The first-order chi connectivity index (χ1) is 4.86. The number of H-pyrrole nitrogens is 1. The highest BCUT2D eigenvalue weighted by molar-refractivity contribution is 5.69. The number of fused-ring (bicyclic) bond motifs is 1. The molecule has 0 fully saturated rings. The molecular formula is C5H4N5. The molecule has 2 aromatic heterocycles. The first kappa shape index (κ1) is 5.16. The van der Waals surface area contributed by atoms with Gasteiger partial charge in [-0.1, -0.05) is 0 Å². The van der Waals surface area contributed by atoms with Crippen molar-refractivity contribution in [2.75, 3.05) is 5.73 Å². The van der Waals surface area contributed by atoms with Crippen molar-refractivity contribution in [3.8, 4) is 0 Å². The summed E-state index contributed by atoms with van der Waals surface area (Å²) >= 11 is 0. The summed E-state index contributed by atoms with van der Waals surface area (Å²) in [5.41, 5.74) is 6.59. The van der Waals surface area contributed by atoms with E-state index in [2.05, 4.69) is 26.3 Å². The van der Waals surface area contributed by atoms with E-state index in [0.717, 1.165) is 0 Å². The Labute approximate surface area is 56.3 Å². The normalized spacial score (nSPS) is 10.4. The molecule has 0 aliphatic rings. The molecule has 10 heavy (non-hydrogen) atoms. The van der Waals surface area contributed by atoms with Crippen LogP contribution in [0.5, 0.6) is 0 Å². The lowest BCUT2D eigenvalue weighted by Crippen LogP contribution is -1.93. The van der Waals surface area contributed by atoms with E-state index in [1.807, 2.05) is 0 Å². The number of nitrogens with two attached hydrogens (primary N) is 1. The number of hydrogen-bond donors (Lipinski definition) is 2. The number of aromatic amines is 1. The molecule has 0 aliphatic heterocycles. The lowest BCUT2D eigenvalue weighted by molar-refractivity contribution is 1.21. The van der Waals surface area contributed by atoms with Crippen molar-refractivity contribution in [3.63, 3.8) is 0 Å². The third-order valence-corrected chi connectivity index (χ3v) is 1.14. The summed E-state index contributed by atoms with van der Waals surface area (Å²) in [4.78, 5) is 14.1. The summed E-state index contributed by atoms with van der Waals surface area (Å²) in [6.07, 6.45) is 4.08. The van der Waals surface area contributed by atoms with Crippen molar-refractivity contribution in [2.45, 2.75) is 0 Å². The van der Waals surface area contributed by atoms with Gasteiger partial charge in [0.15, 0.2) is 12.0 Å². The topological polar surface area (TPSA) is 80.5 Å². The van der Waals surface area contributed by atoms with Crippen LogP contribution in [-0.4, -0.2) is 19.9 Å². The minimum atomic E-state index is 0.241. The maximum atomic E-state index is 5.30. The molecular weight excluding hydrogens is 130 g/mol. The Morgan fingerprint density at radius 1 is 1.60 bits per heavy atom. The van der Waals surface area contributed by atoms with Crippen molar-refractivity contribution in [3.05, 3.63) is 12.5 Å². The fourth-order valence-corrected chi connectivity index (χ4v) is 0.704. The molecule has 0 saturated heterocycles. The largest absolute Gasteiger partial charge is 0.368 e. The molecule has 0 saturated carbocycles. The Bertz CT molecular complexity index is 352. The van der Waals surface area contributed by atoms with Crippen LogP contribution >= 0.6 is 0 Å². The van der Waals surface area contributed by atoms with Gasteiger partial charge in [0.1, 0.15) is 5.52 Å². The van der Waals surface area contributed by atoms with Crippen molar-refractivity contribution in [2.24, 2.45) is 0 Å². The van der Waals surface area contributed by atoms with Crippen LogP contribution in [0.2, 0.25) is 0 Å². The molecule has 0 atom stereocenters. The summed E-state index contributed by atoms with van der Waals surface area (Å²) in [5, 5.41) is 0. The Hall–Kier alpha value is -1.65. The van der Waals surface area contributed by atoms with Crippen LogP contribution in [0.25, 0.3) is 11.2 Å². The summed E-state index contributed by atoms with van der Waals surface area (Å²) in [5.74, 6) is 0.241. The molecule has 0 unspecified atom stereocenters. The molecule has 49 valence electrons. The predicted octanol–water partition coefficient (Wildman–Crippen LogP) is -0.265. The molecule has 0 aliphatic carbocycles. The lowest BCUT2D eigenvalue weighted by Gasteiger charge is -1.87. The van der Waals surface area contributed by atoms with Crippen molar-refractivity contribution in [1.29, 1.82) is 0 Å². The van der Waals surface area contributed by atoms with Gasteiger partial charge in [0.25, 0.3) is 0 Å². The minimum Gasteiger partial charge on any atom is -0.368 e. The first-order valence-corrected chi connectivity index (χ1v) is 2.70. The average Bonchev–Trinajstić information content (AvgIpc) is 2.33. The van der Waals surface area contributed by atoms with Crippen molar-refractivity contribution < 1.29 is 0 Å². The maximum Gasteiger partial charge on any atom is 0.222 e. The summed E-state index contributed by atoms with van der Waals surface area (Å²) in [7, 11) is 0. The third-order valence-electron chi connectivity index (χ3n) is 1.14. The van der Waals surface area contributed by atoms with Crippen molar-refractivity contribution >= 4 is 17.1 Å². The van der Waals surface area contributed by atoms with Gasteiger partial charge in [0.05, 0.1) is 6.20 Å². The van der Waals surface area contributed by atoms with Crippen LogP contribution < -0.4 is 5.73 Å². The van der Waals surface area contributed by atoms with Crippen LogP contribution in [0.15, 0.2) is 6.20 Å². The number of nitrogen functional groups attached to an aromatic ring is 1. The average molecular weight is 134 g/mol. The predicted molar refractivity (Wildman–Crippen MR) is 34.9 cm³/mol. The molecule has 5 nitrogen and oxygen atoms in total. The highest BCUT2D eigenvalue weighted by Crippen LogP contribution is 2.03. The fraction of sp³-hybridized carbons (Fsp3) is 0. The first-order valence-electron chi connectivity index (χ1n) is 2.70. The van der Waals surface area contributed by atoms with E-state index in [-0.39, 0.29) is 5.95 Å². The highest BCUT2D eigenvalue weighted by atomic mass is 15.1. The lowest BCUT2D eigenvalue weighted by atomic mass is 10.6. The van der Waals surface area contributed by atoms with Gasteiger partial charge in [-0.05, 0) is 0 Å². The number of nitrogens with one attached hydrogen (secondary N) is 1. The molecule has 0 aromatic carbocycles. The third kappa shape index (κ3) is 0.604. The van der Waals surface area contributed by atoms with Crippen LogP contribution in [-0.2, 0) is 0 Å². The molecule has 2 heterocycles. The van der Waals surface area contributed by atoms with Gasteiger partial charge in [-0.3, -0.25) is 0 Å². The van der Waals surface area contributed by atoms with Gasteiger partial charge in [0, 0.05) is 0 Å². The van der Waals surface area contributed by atoms with E-state index in [1.54, 1.807) is 6.20 Å². The van der Waals surface area contributed by atoms with Gasteiger partial charge in [-0.15, -0.1) is 0 Å². The smallest absolute Gasteiger partial charge is 0.222 e. The molecule has 5 heteroatoms. The molecule has 3 N–H and O–H groups in total. The Morgan fingerprint density at radius 3 is 3.40 bits per heavy atom. The van der Waals surface area contributed by atoms with Crippen LogP contribution in [0, 0.1) is 6.33 Å². The summed E-state index contributed by atoms with van der Waals surface area (Å²) < 4.78 is 0. The monoisotopic (exact) mass is 134 g/mol. The van der Waals surface area contributed by atoms with E-state index in [0.29, 0.717) is 11.2 Å². The van der Waals surface area contributed by atoms with Gasteiger partial charge in [-0.2, -0.15) is 4.98 Å². The fourth-order valence-electron chi connectivity index (χ4n) is 0.704. The van der Waals surface area contributed by atoms with Gasteiger partial charge in [-0.25, -0.2) is 9.97 Å². The van der Waals surface area contributed by atoms with Crippen LogP contribution in [0.3, 0.4) is 0 Å². The minimum absolute atomic E-state index is 0.241. The number of anilines is 1. The summed E-state index contributed by atoms with van der Waals surface area (Å²) in [6, 6.07) is 0. The Kier molecular flexibility index (Phi) is 0.858. The van der Waals surface area contributed by atoms with E-state index >= 15 is 0 Å². The second kappa shape index (κ2) is 1.66. The molecule has 0 bridgehead atoms. The van der Waals surface area contributed by atoms with Gasteiger partial charge >= 0.3 is 0 Å². The second-order valence-electron chi connectivity index (χ2n) is 1.81. The van der Waals surface area contributed by atoms with Crippen molar-refractivity contribution in [1.82, 2.24) is 19.9 Å². The molecule has 1 radical (unpaired) electrons. The number of aromatic nitrogens is 4. The molecule has 2 aromatic rings. The quantitative estimate of drug-likeness (QED) is 0.520. The zero-order chi connectivity index (χ0) is 6.97. The van der Waals surface area contributed by atoms with E-state index in [4.69, 9.17) is 5.73 Å². The SMILES string of the molecule is Nc1ncc2n[c][nH]c2n1. The molecule has 0 amide bonds. The Balaban J connectivity index is 2.86. The highest BCUT2D eigenvalue weighted by Gasteiger charge is 1.96. The zero-order valence-electron chi connectivity index (χ0n) is 5.00. The maximum absolute atomic E-state index is 5.30. The van der Waals surface area contributed by atoms with Gasteiger partial charge < -0.3 is 10.7 Å². The van der Waals surface area contributed by atoms with Gasteiger partial charge in [0.2, 0.25) is 5.95 Å². The molecule has 2 rings (SSSR count). The van der Waals surface area contributed by atoms with E-state index in [9.17, 15) is 0 Å². The number of nitrogens with zero attached hydrogens (tertiary/aromatic N) is 3. The van der Waals surface area contributed by atoms with E-state index in [1.165, 1.54) is 0 Å². The number of hydrogen-bond acceptors (Lipinski definition) is 4. The zero-order valence-corrected chi connectivity index (χ0v) is 5.00. The standard InChI is InChI=1S/C5H4N5/c6-5-7-1-3-4(10-5)9-2-8-3/h1H,(H3,6,7,8,9,10). The Morgan fingerprint density at radius 2 is 2.50 bits per heavy atom. The van der Waals surface area contributed by atoms with Crippen LogP contribution in [0.1, 0.15) is 0 Å². The second-order valence-corrected chi connectivity index (χ2v) is 1.81.